The predicted octanol–water partition coefficient (Wildman–Crippen LogP) is 35.2. The average Bonchev–Trinajstić information content (AvgIpc) is 0.724. The van der Waals surface area contributed by atoms with Crippen LogP contribution in [-0.2, 0) is 0 Å². The van der Waals surface area contributed by atoms with Gasteiger partial charge < -0.3 is 0 Å². The Balaban J connectivity index is 10.8. The highest BCUT2D eigenvalue weighted by molar-refractivity contribution is 6.80. The Bertz CT molecular complexity index is 3850. The van der Waals surface area contributed by atoms with Gasteiger partial charge in [-0.1, -0.05) is 48.4 Å². The molecule has 0 rings (SSSR count). The molecule has 0 fully saturated rings. The number of hydrogen-bond donors (Lipinski definition) is 0. The second-order valence-corrected chi connectivity index (χ2v) is 41.7. The molecular weight excluding hydrogens is 2460 g/mol. The van der Waals surface area contributed by atoms with Crippen LogP contribution in [0.4, 0.5) is 395 Å². The molecule has 0 radical (unpaired) electrons. The Hall–Kier alpha value is -5.87. The Morgan fingerprint density at radius 3 is 0.180 bits per heavy atom. The maximum absolute atomic E-state index is 16.1. The first kappa shape index (κ1) is 144. The van der Waals surface area contributed by atoms with E-state index in [9.17, 15) is 237 Å². The molecule has 0 spiro atoms. The molecule has 0 nitrogen and oxygen atoms in total. The number of alkyl halides is 90. The normalized spacial score (nSPS) is 17.2. The number of halogens is 90. The molecule has 0 aromatic rings. The van der Waals surface area contributed by atoms with E-state index in [2.05, 4.69) is 0 Å². The molecule has 0 atom stereocenters. The Morgan fingerprint density at radius 2 is 0.127 bits per heavy atom. The van der Waals surface area contributed by atoms with Crippen molar-refractivity contribution in [3.63, 3.8) is 0 Å². The first-order chi connectivity index (χ1) is 63.4. The van der Waals surface area contributed by atoms with E-state index in [1.807, 2.05) is 0 Å². The minimum absolute atomic E-state index is 4.98. The van der Waals surface area contributed by atoms with E-state index in [0.717, 1.165) is 0 Å². The molecule has 0 aliphatic carbocycles. The maximum atomic E-state index is 16.1. The van der Waals surface area contributed by atoms with E-state index in [1.54, 1.807) is 0 Å². The smallest absolute Gasteiger partial charge is 0.200 e. The van der Waals surface area contributed by atoms with Gasteiger partial charge in [-0.25, -0.2) is 0 Å². The van der Waals surface area contributed by atoms with Crippen molar-refractivity contribution in [2.45, 2.75) is 350 Å². The van der Waals surface area contributed by atoms with E-state index in [4.69, 9.17) is 0 Å². The summed E-state index contributed by atoms with van der Waals surface area (Å²) in [7, 11) is -18.7. The molecule has 92 heteroatoms. The highest BCUT2D eigenvalue weighted by atomic mass is 28.3. The van der Waals surface area contributed by atoms with Crippen LogP contribution in [0.15, 0.2) is 0 Å². The van der Waals surface area contributed by atoms with Gasteiger partial charge in [0.25, 0.3) is 0 Å². The summed E-state index contributed by atoms with van der Waals surface area (Å²) in [6, 6.07) is -40.1. The van der Waals surface area contributed by atoms with Gasteiger partial charge in [-0.2, -0.15) is 395 Å². The monoisotopic (exact) mass is 2490 g/mol. The van der Waals surface area contributed by atoms with Gasteiger partial charge in [-0.05, 0) is 0 Å². The van der Waals surface area contributed by atoms with Crippen LogP contribution < -0.4 is 0 Å². The zero-order valence-corrected chi connectivity index (χ0v) is 69.3. The number of hydrogen-bond acceptors (Lipinski definition) is 0. The van der Waals surface area contributed by atoms with Crippen molar-refractivity contribution in [1.29, 1.82) is 0 Å². The molecule has 0 saturated heterocycles. The molecule has 0 bridgehead atoms. The first-order valence-electron chi connectivity index (χ1n) is 35.4. The third kappa shape index (κ3) is 21.2. The van der Waals surface area contributed by atoms with Crippen molar-refractivity contribution in [2.75, 3.05) is 0 Å². The van der Waals surface area contributed by atoms with E-state index in [0.29, 0.717) is 0 Å². The van der Waals surface area contributed by atoms with Gasteiger partial charge in [0.1, 0.15) is 0 Å². The van der Waals surface area contributed by atoms with Gasteiger partial charge >= 0.3 is 250 Å². The van der Waals surface area contributed by atoms with E-state index in [-0.39, 0.29) is 0 Å². The molecule has 0 saturated carbocycles. The Labute approximate surface area is 761 Å². The molecule has 902 valence electrons. The third-order valence-corrected chi connectivity index (χ3v) is 32.3. The fourth-order valence-electron chi connectivity index (χ4n) is 11.8. The largest absolute Gasteiger partial charge is 0.460 e. The zero-order valence-electron chi connectivity index (χ0n) is 67.3. The van der Waals surface area contributed by atoms with Crippen molar-refractivity contribution in [3.05, 3.63) is 0 Å². The lowest BCUT2D eigenvalue weighted by Gasteiger charge is -2.44. The van der Waals surface area contributed by atoms with Crippen molar-refractivity contribution < 1.29 is 395 Å². The van der Waals surface area contributed by atoms with E-state index < -0.39 is 366 Å². The van der Waals surface area contributed by atoms with Crippen LogP contribution in [0, 0.1) is 0 Å². The van der Waals surface area contributed by atoms with Crippen LogP contribution in [-0.4, -0.2) is 266 Å². The summed E-state index contributed by atoms with van der Waals surface area (Å²) in [5.74, 6) is -346. The predicted molar refractivity (Wildman–Crippen MR) is 301 cm³/mol. The number of rotatable bonds is 53. The summed E-state index contributed by atoms with van der Waals surface area (Å²) in [5, 5.41) is 0. The fraction of sp³-hybridized carbons (Fsp3) is 1.00. The van der Waals surface area contributed by atoms with Crippen molar-refractivity contribution in [1.82, 2.24) is 0 Å². The van der Waals surface area contributed by atoms with Crippen molar-refractivity contribution >= 4 is 16.1 Å². The molecule has 0 amide bonds. The molecule has 0 unspecified atom stereocenters. The maximum Gasteiger partial charge on any atom is 0.460 e. The second kappa shape index (κ2) is 38.5. The van der Waals surface area contributed by atoms with Crippen LogP contribution in [0.1, 0.15) is 51.4 Å². The SMILES string of the molecule is FC(F)(F)C(F)(F)C(F)(F)C(F)(F)C(F)(F)C(F)(F)CC[Si](CCC(F)(F)C(F)(F)C(F)(F)C(F)(F)C(F)(F)C(F)(F)F)(CCC(F)(F)C(F)(F)C(F)(F)C(F)(F)C(F)(F)C(F)(F)F)CCC(F)(F)C(F)(F)C(F)(F)C(F)(F)C(F)(F)C(F)(F)CC[Si](CCC(F)(F)C(F)(F)C(F)(F)C(F)(F)C(F)(F)C(F)(F)F)(CCC(F)(F)C(F)(F)C(F)(F)C(F)(F)C(F)(F)C(F)(F)F)CCC(F)(F)C(F)(F)C(F)(F)C(F)(F)C(F)(F)C(F)(F)F. The summed E-state index contributed by atoms with van der Waals surface area (Å²) < 4.78 is 1300. The Morgan fingerprint density at radius 1 is 0.0733 bits per heavy atom. The van der Waals surface area contributed by atoms with E-state index in [1.165, 1.54) is 0 Å². The summed E-state index contributed by atoms with van der Waals surface area (Å²) >= 11 is 0. The van der Waals surface area contributed by atoms with Gasteiger partial charge in [-0.3, -0.25) is 0 Å². The van der Waals surface area contributed by atoms with Crippen LogP contribution in [0.25, 0.3) is 0 Å². The highest BCUT2D eigenvalue weighted by Gasteiger charge is 2.99. The van der Waals surface area contributed by atoms with E-state index >= 15 is 158 Å². The summed E-state index contributed by atoms with van der Waals surface area (Å²) in [5.41, 5.74) is 0. The zero-order chi connectivity index (χ0) is 123. The minimum atomic E-state index is -10.6. The molecule has 0 aromatic carbocycles. The van der Waals surface area contributed by atoms with Crippen LogP contribution in [0.3, 0.4) is 0 Å². The average molecular weight is 2490 g/mol. The molecule has 0 aromatic heterocycles. The van der Waals surface area contributed by atoms with Gasteiger partial charge in [0.15, 0.2) is 0 Å². The molecule has 0 heterocycles. The van der Waals surface area contributed by atoms with Crippen LogP contribution in [0.5, 0.6) is 0 Å². The molecule has 0 N–H and O–H groups in total. The molecular formula is C58H32F90Si2. The topological polar surface area (TPSA) is 0 Å². The molecule has 0 aliphatic heterocycles. The third-order valence-electron chi connectivity index (χ3n) is 21.8. The van der Waals surface area contributed by atoms with Gasteiger partial charge in [0.05, 0.1) is 16.1 Å². The molecule has 0 aliphatic rings. The lowest BCUT2D eigenvalue weighted by molar-refractivity contribution is -0.440. The lowest BCUT2D eigenvalue weighted by Crippen LogP contribution is -2.71. The minimum Gasteiger partial charge on any atom is -0.200 e. The van der Waals surface area contributed by atoms with Crippen LogP contribution >= 0.6 is 0 Å². The van der Waals surface area contributed by atoms with Crippen LogP contribution in [0.2, 0.25) is 48.4 Å². The Kier molecular flexibility index (Phi) is 37.0. The molecule has 150 heavy (non-hydrogen) atoms. The van der Waals surface area contributed by atoms with Gasteiger partial charge in [0, 0.05) is 51.4 Å². The standard InChI is InChI=1S/C58H32F90Si2/c59-17(60,1-9-149(11-3-19(63,64)27(79,80)35(95,96)41(107,108)47(119,120)53(131,132)133,12-4-20(65,66)28(81,82)36(97,98)42(109,110)48(121,122)54(134,135)136)13-5-21(67,68)29(83,84)37(99,100)43(111,112)49(123,124)55(137,138)139)25(75,76)33(91,92)34(93,94)26(77,78)18(61,62)2-10-150(14-6-22(69,70)30(85,86)38(101,102)44(113,114)50(125,126)56(140,141)142,15-7-23(71,72)31(87,88)39(103,104)45(115,116)51(127,128)57(143,144)145)16-8-24(73,74)32(89,90)40(105,106)46(117,118)52(129,130)58(146,147)148/h1-16H2. The second-order valence-electron chi connectivity index (χ2n) is 31.7. The lowest BCUT2D eigenvalue weighted by atomic mass is 9.90. The summed E-state index contributed by atoms with van der Waals surface area (Å²) in [6.45, 7) is 0. The quantitative estimate of drug-likeness (QED) is 0.0421. The summed E-state index contributed by atoms with van der Waals surface area (Å²) in [6.07, 6.45) is -97.3. The van der Waals surface area contributed by atoms with Gasteiger partial charge in [-0.15, -0.1) is 0 Å². The first-order valence-corrected chi connectivity index (χ1v) is 41.1. The van der Waals surface area contributed by atoms with Gasteiger partial charge in [0.2, 0.25) is 0 Å². The fourth-order valence-corrected chi connectivity index (χ4v) is 21.6. The van der Waals surface area contributed by atoms with Crippen molar-refractivity contribution in [2.24, 2.45) is 0 Å². The summed E-state index contributed by atoms with van der Waals surface area (Å²) in [4.78, 5) is 0. The highest BCUT2D eigenvalue weighted by Crippen LogP contribution is 2.73. The van der Waals surface area contributed by atoms with Crippen molar-refractivity contribution in [3.8, 4) is 0 Å².